The van der Waals surface area contributed by atoms with E-state index >= 15 is 0 Å². The van der Waals surface area contributed by atoms with Crippen LogP contribution in [0.2, 0.25) is 0 Å². The molecule has 0 atom stereocenters. The lowest BCUT2D eigenvalue weighted by atomic mass is 10.3. The molecule has 0 amide bonds. The van der Waals surface area contributed by atoms with Crippen molar-refractivity contribution in [3.63, 3.8) is 0 Å². The molecule has 0 aliphatic heterocycles. The lowest BCUT2D eigenvalue weighted by Gasteiger charge is -2.02. The number of sulfone groups is 1. The van der Waals surface area contributed by atoms with Crippen LogP contribution < -0.4 is 0 Å². The molecule has 0 saturated heterocycles. The second kappa shape index (κ2) is 4.37. The molecule has 0 N–H and O–H groups in total. The summed E-state index contributed by atoms with van der Waals surface area (Å²) in [5.41, 5.74) is 0.779. The third-order valence-electron chi connectivity index (χ3n) is 2.29. The zero-order valence-corrected chi connectivity index (χ0v) is 10.6. The van der Waals surface area contributed by atoms with Gasteiger partial charge in [0, 0.05) is 12.5 Å². The van der Waals surface area contributed by atoms with E-state index in [0.717, 1.165) is 6.26 Å². The molecule has 0 spiro atoms. The summed E-state index contributed by atoms with van der Waals surface area (Å²) in [7, 11) is -1.94. The van der Waals surface area contributed by atoms with Crippen LogP contribution in [-0.2, 0) is 20.3 Å². The van der Waals surface area contributed by atoms with Gasteiger partial charge in [0.25, 0.3) is 0 Å². The van der Waals surface area contributed by atoms with Crippen molar-refractivity contribution in [1.29, 1.82) is 0 Å². The molecule has 2 heterocycles. The number of esters is 1. The van der Waals surface area contributed by atoms with Crippen LogP contribution >= 0.6 is 0 Å². The number of rotatable bonds is 3. The molecule has 0 saturated carbocycles. The number of carbonyl (C=O) groups is 1. The van der Waals surface area contributed by atoms with Gasteiger partial charge in [-0.25, -0.2) is 13.2 Å². The lowest BCUT2D eigenvalue weighted by molar-refractivity contribution is 0.0600. The Kier molecular flexibility index (Phi) is 3.04. The molecule has 96 valence electrons. The molecule has 18 heavy (non-hydrogen) atoms. The molecule has 2 aromatic rings. The Hall–Kier alpha value is -1.96. The largest absolute Gasteiger partial charge is 0.465 e. The van der Waals surface area contributed by atoms with E-state index in [-0.39, 0.29) is 11.6 Å². The van der Waals surface area contributed by atoms with Gasteiger partial charge in [0.05, 0.1) is 12.7 Å². The maximum absolute atomic E-state index is 11.4. The number of hydrogen-bond donors (Lipinski definition) is 0. The highest BCUT2D eigenvalue weighted by Crippen LogP contribution is 2.10. The van der Waals surface area contributed by atoms with E-state index < -0.39 is 15.8 Å². The normalized spacial score (nSPS) is 11.7. The fraction of sp³-hybridized carbons (Fsp3) is 0.300. The van der Waals surface area contributed by atoms with Crippen molar-refractivity contribution in [3.8, 4) is 0 Å². The molecule has 8 heteroatoms. The zero-order valence-electron chi connectivity index (χ0n) is 9.82. The molecule has 0 aliphatic carbocycles. The van der Waals surface area contributed by atoms with Crippen LogP contribution in [0.15, 0.2) is 18.3 Å². The Labute approximate surface area is 103 Å². The fourth-order valence-electron chi connectivity index (χ4n) is 1.51. The van der Waals surface area contributed by atoms with E-state index in [2.05, 4.69) is 14.9 Å². The van der Waals surface area contributed by atoms with Crippen LogP contribution in [0.1, 0.15) is 16.2 Å². The molecule has 0 bridgehead atoms. The molecule has 0 fully saturated rings. The van der Waals surface area contributed by atoms with E-state index in [1.807, 2.05) is 0 Å². The summed E-state index contributed by atoms with van der Waals surface area (Å²) in [5, 5.41) is 7.61. The van der Waals surface area contributed by atoms with Crippen LogP contribution in [0.25, 0.3) is 5.65 Å². The summed E-state index contributed by atoms with van der Waals surface area (Å²) >= 11 is 0. The number of aromatic nitrogens is 3. The van der Waals surface area contributed by atoms with Crippen molar-refractivity contribution < 1.29 is 17.9 Å². The van der Waals surface area contributed by atoms with Gasteiger partial charge in [-0.05, 0) is 12.1 Å². The lowest BCUT2D eigenvalue weighted by Crippen LogP contribution is -2.07. The number of nitrogens with zero attached hydrogens (tertiary/aromatic N) is 3. The van der Waals surface area contributed by atoms with E-state index in [1.165, 1.54) is 17.7 Å². The minimum atomic E-state index is -3.22. The summed E-state index contributed by atoms with van der Waals surface area (Å²) in [6, 6.07) is 3.12. The van der Waals surface area contributed by atoms with Gasteiger partial charge in [0.1, 0.15) is 5.75 Å². The topological polar surface area (TPSA) is 90.6 Å². The van der Waals surface area contributed by atoms with Crippen molar-refractivity contribution >= 4 is 21.5 Å². The van der Waals surface area contributed by atoms with Crippen LogP contribution in [0, 0.1) is 0 Å². The van der Waals surface area contributed by atoms with E-state index in [4.69, 9.17) is 0 Å². The number of pyridine rings is 1. The maximum atomic E-state index is 11.4. The molecule has 7 nitrogen and oxygen atoms in total. The summed E-state index contributed by atoms with van der Waals surface area (Å²) in [6.07, 6.45) is 2.57. The Morgan fingerprint density at radius 3 is 2.72 bits per heavy atom. The SMILES string of the molecule is COC(=O)c1ccc2nnc(CS(C)(=O)=O)n2c1. The molecular formula is C10H11N3O4S. The first-order chi connectivity index (χ1) is 8.40. The smallest absolute Gasteiger partial charge is 0.339 e. The van der Waals surface area contributed by atoms with Crippen molar-refractivity contribution in [1.82, 2.24) is 14.6 Å². The fourth-order valence-corrected chi connectivity index (χ4v) is 2.18. The molecule has 0 radical (unpaired) electrons. The van der Waals surface area contributed by atoms with Crippen molar-refractivity contribution in [3.05, 3.63) is 29.7 Å². The van der Waals surface area contributed by atoms with Gasteiger partial charge in [-0.2, -0.15) is 0 Å². The maximum Gasteiger partial charge on any atom is 0.339 e. The van der Waals surface area contributed by atoms with Crippen LogP contribution in [-0.4, -0.2) is 42.4 Å². The number of methoxy groups -OCH3 is 1. The van der Waals surface area contributed by atoms with Gasteiger partial charge in [-0.15, -0.1) is 10.2 Å². The summed E-state index contributed by atoms with van der Waals surface area (Å²) in [6.45, 7) is 0. The molecule has 0 aromatic carbocycles. The Morgan fingerprint density at radius 2 is 2.11 bits per heavy atom. The van der Waals surface area contributed by atoms with Gasteiger partial charge in [-0.1, -0.05) is 0 Å². The Morgan fingerprint density at radius 1 is 1.39 bits per heavy atom. The molecule has 0 aliphatic rings. The minimum Gasteiger partial charge on any atom is -0.465 e. The van der Waals surface area contributed by atoms with Gasteiger partial charge >= 0.3 is 5.97 Å². The van der Waals surface area contributed by atoms with Crippen molar-refractivity contribution in [2.24, 2.45) is 0 Å². The standard InChI is InChI=1S/C10H11N3O4S/c1-17-10(14)7-3-4-8-11-12-9(13(8)5-7)6-18(2,15)16/h3-5H,6H2,1-2H3. The highest BCUT2D eigenvalue weighted by molar-refractivity contribution is 7.89. The summed E-state index contributed by atoms with van der Waals surface area (Å²) < 4.78 is 28.5. The highest BCUT2D eigenvalue weighted by atomic mass is 32.2. The summed E-state index contributed by atoms with van der Waals surface area (Å²) in [5.74, 6) is -0.479. The number of ether oxygens (including phenoxy) is 1. The highest BCUT2D eigenvalue weighted by Gasteiger charge is 2.14. The van der Waals surface area contributed by atoms with E-state index in [0.29, 0.717) is 11.2 Å². The van der Waals surface area contributed by atoms with Crippen LogP contribution in [0.5, 0.6) is 0 Å². The third kappa shape index (κ3) is 2.48. The van der Waals surface area contributed by atoms with Crippen LogP contribution in [0.4, 0.5) is 0 Å². The number of hydrogen-bond acceptors (Lipinski definition) is 6. The van der Waals surface area contributed by atoms with Gasteiger partial charge < -0.3 is 4.74 Å². The molecular weight excluding hydrogens is 258 g/mol. The number of carbonyl (C=O) groups excluding carboxylic acids is 1. The predicted molar refractivity (Wildman–Crippen MR) is 62.9 cm³/mol. The second-order valence-corrected chi connectivity index (χ2v) is 5.96. The van der Waals surface area contributed by atoms with E-state index in [1.54, 1.807) is 12.1 Å². The Balaban J connectivity index is 2.53. The predicted octanol–water partition coefficient (Wildman–Crippen LogP) is 0.0605. The monoisotopic (exact) mass is 269 g/mol. The second-order valence-electron chi connectivity index (χ2n) is 3.82. The van der Waals surface area contributed by atoms with Gasteiger partial charge in [-0.3, -0.25) is 4.40 Å². The van der Waals surface area contributed by atoms with Gasteiger partial charge in [0.15, 0.2) is 21.3 Å². The third-order valence-corrected chi connectivity index (χ3v) is 3.07. The zero-order chi connectivity index (χ0) is 13.3. The average Bonchev–Trinajstić information content (AvgIpc) is 2.68. The first-order valence-corrected chi connectivity index (χ1v) is 7.06. The van der Waals surface area contributed by atoms with E-state index in [9.17, 15) is 13.2 Å². The molecule has 0 unspecified atom stereocenters. The number of fused-ring (bicyclic) bond motifs is 1. The molecule has 2 aromatic heterocycles. The van der Waals surface area contributed by atoms with Crippen molar-refractivity contribution in [2.45, 2.75) is 5.75 Å². The minimum absolute atomic E-state index is 0.237. The van der Waals surface area contributed by atoms with Crippen LogP contribution in [0.3, 0.4) is 0 Å². The average molecular weight is 269 g/mol. The van der Waals surface area contributed by atoms with Crippen molar-refractivity contribution in [2.75, 3.05) is 13.4 Å². The summed E-state index contributed by atoms with van der Waals surface area (Å²) in [4.78, 5) is 11.4. The quantitative estimate of drug-likeness (QED) is 0.732. The first-order valence-electron chi connectivity index (χ1n) is 5.00. The Bertz CT molecular complexity index is 705. The van der Waals surface area contributed by atoms with Gasteiger partial charge in [0.2, 0.25) is 0 Å². The molecule has 2 rings (SSSR count). The first kappa shape index (κ1) is 12.5.